The van der Waals surface area contributed by atoms with Crippen LogP contribution in [0.25, 0.3) is 0 Å². The second-order valence-electron chi connectivity index (χ2n) is 6.35. The van der Waals surface area contributed by atoms with E-state index in [1.54, 1.807) is 43.4 Å². The van der Waals surface area contributed by atoms with E-state index in [0.29, 0.717) is 40.2 Å². The Balaban J connectivity index is 1.98. The number of carbonyl (C=O) groups is 3. The lowest BCUT2D eigenvalue weighted by atomic mass is 9.82. The molecule has 27 heavy (non-hydrogen) atoms. The number of carbonyl (C=O) groups excluding carboxylic acids is 3. The fourth-order valence-corrected chi connectivity index (χ4v) is 3.28. The number of amides is 1. The van der Waals surface area contributed by atoms with Gasteiger partial charge in [0.15, 0.2) is 11.6 Å². The van der Waals surface area contributed by atoms with Gasteiger partial charge in [-0.15, -0.1) is 11.6 Å². The van der Waals surface area contributed by atoms with Crippen LogP contribution < -0.4 is 16.0 Å². The maximum absolute atomic E-state index is 13.1. The highest BCUT2D eigenvalue weighted by Crippen LogP contribution is 2.36. The van der Waals surface area contributed by atoms with E-state index in [4.69, 9.17) is 11.6 Å². The molecule has 0 saturated carbocycles. The Morgan fingerprint density at radius 2 is 1.56 bits per heavy atom. The van der Waals surface area contributed by atoms with Crippen LogP contribution in [0.4, 0.5) is 11.4 Å². The first-order valence-electron chi connectivity index (χ1n) is 8.60. The third kappa shape index (κ3) is 3.53. The fraction of sp³-hybridized carbons (Fsp3) is 0.250. The van der Waals surface area contributed by atoms with Gasteiger partial charge < -0.3 is 16.0 Å². The first kappa shape index (κ1) is 18.9. The summed E-state index contributed by atoms with van der Waals surface area (Å²) < 4.78 is 0. The van der Waals surface area contributed by atoms with Crippen molar-refractivity contribution in [1.82, 2.24) is 5.32 Å². The summed E-state index contributed by atoms with van der Waals surface area (Å²) in [5.74, 6) is -0.756. The molecule has 0 saturated heterocycles. The smallest absolute Gasteiger partial charge is 0.235 e. The number of rotatable bonds is 6. The Hall–Kier alpha value is -2.86. The molecule has 1 unspecified atom stereocenters. The van der Waals surface area contributed by atoms with Gasteiger partial charge in [-0.25, -0.2) is 0 Å². The Morgan fingerprint density at radius 3 is 2.11 bits per heavy atom. The van der Waals surface area contributed by atoms with Gasteiger partial charge in [-0.1, -0.05) is 24.3 Å². The molecule has 140 valence electrons. The number of anilines is 2. The van der Waals surface area contributed by atoms with Gasteiger partial charge in [-0.3, -0.25) is 14.4 Å². The molecule has 1 aliphatic rings. The van der Waals surface area contributed by atoms with Crippen LogP contribution in [-0.2, 0) is 4.79 Å². The van der Waals surface area contributed by atoms with E-state index < -0.39 is 0 Å². The van der Waals surface area contributed by atoms with Crippen molar-refractivity contribution in [2.45, 2.75) is 13.0 Å². The van der Waals surface area contributed by atoms with E-state index in [0.717, 1.165) is 0 Å². The van der Waals surface area contributed by atoms with Gasteiger partial charge in [-0.05, 0) is 19.1 Å². The van der Waals surface area contributed by atoms with Crippen molar-refractivity contribution in [2.24, 2.45) is 0 Å². The molecule has 7 heteroatoms. The summed E-state index contributed by atoms with van der Waals surface area (Å²) in [4.78, 5) is 37.5. The summed E-state index contributed by atoms with van der Waals surface area (Å²) in [6.07, 6.45) is 0. The van der Waals surface area contributed by atoms with Crippen molar-refractivity contribution in [3.8, 4) is 0 Å². The molecular formula is C20H20ClN3O3. The molecule has 0 radical (unpaired) electrons. The van der Waals surface area contributed by atoms with Crippen molar-refractivity contribution in [3.05, 3.63) is 58.7 Å². The Bertz CT molecular complexity index is 927. The average molecular weight is 386 g/mol. The summed E-state index contributed by atoms with van der Waals surface area (Å²) in [5.41, 5.74) is 2.68. The summed E-state index contributed by atoms with van der Waals surface area (Å²) >= 11 is 5.50. The molecule has 0 heterocycles. The average Bonchev–Trinajstić information content (AvgIpc) is 2.69. The number of benzene rings is 2. The first-order valence-corrected chi connectivity index (χ1v) is 9.13. The topological polar surface area (TPSA) is 87.3 Å². The normalized spacial score (nSPS) is 13.4. The third-order valence-corrected chi connectivity index (χ3v) is 4.72. The molecule has 2 aromatic rings. The predicted molar refractivity (Wildman–Crippen MR) is 106 cm³/mol. The standard InChI is InChI=1S/C20H20ClN3O3/c1-11(24-16(25)9-21)10-23-15-8-7-14(22-2)17-18(15)20(27)13-6-4-3-5-12(13)19(17)26/h3-8,11,22-23H,9-10H2,1-2H3,(H,24,25). The lowest BCUT2D eigenvalue weighted by molar-refractivity contribution is -0.119. The molecule has 0 fully saturated rings. The zero-order valence-electron chi connectivity index (χ0n) is 15.1. The van der Waals surface area contributed by atoms with Crippen molar-refractivity contribution < 1.29 is 14.4 Å². The van der Waals surface area contributed by atoms with Crippen LogP contribution >= 0.6 is 11.6 Å². The number of alkyl halides is 1. The molecule has 2 aromatic carbocycles. The molecule has 3 rings (SSSR count). The van der Waals surface area contributed by atoms with Gasteiger partial charge in [0.2, 0.25) is 5.91 Å². The van der Waals surface area contributed by atoms with E-state index >= 15 is 0 Å². The van der Waals surface area contributed by atoms with E-state index in [1.165, 1.54) is 0 Å². The van der Waals surface area contributed by atoms with Gasteiger partial charge in [0, 0.05) is 42.1 Å². The highest BCUT2D eigenvalue weighted by atomic mass is 35.5. The predicted octanol–water partition coefficient (Wildman–Crippen LogP) is 2.66. The van der Waals surface area contributed by atoms with E-state index in [1.807, 2.05) is 6.92 Å². The monoisotopic (exact) mass is 385 g/mol. The molecule has 1 amide bonds. The number of hydrogen-bond donors (Lipinski definition) is 3. The second-order valence-corrected chi connectivity index (χ2v) is 6.61. The van der Waals surface area contributed by atoms with Crippen LogP contribution in [0.2, 0.25) is 0 Å². The highest BCUT2D eigenvalue weighted by molar-refractivity contribution is 6.32. The summed E-state index contributed by atoms with van der Waals surface area (Å²) in [6.45, 7) is 2.21. The summed E-state index contributed by atoms with van der Waals surface area (Å²) in [5, 5.41) is 8.91. The largest absolute Gasteiger partial charge is 0.388 e. The van der Waals surface area contributed by atoms with Crippen molar-refractivity contribution in [1.29, 1.82) is 0 Å². The summed E-state index contributed by atoms with van der Waals surface area (Å²) in [7, 11) is 1.71. The highest BCUT2D eigenvalue weighted by Gasteiger charge is 2.33. The van der Waals surface area contributed by atoms with E-state index in [9.17, 15) is 14.4 Å². The van der Waals surface area contributed by atoms with Gasteiger partial charge in [-0.2, -0.15) is 0 Å². The SMILES string of the molecule is CNc1ccc(NCC(C)NC(=O)CCl)c2c1C(=O)c1ccccc1C2=O. The number of ketones is 2. The minimum absolute atomic E-state index is 0.111. The fourth-order valence-electron chi connectivity index (χ4n) is 3.21. The van der Waals surface area contributed by atoms with Gasteiger partial charge in [0.25, 0.3) is 0 Å². The number of fused-ring (bicyclic) bond motifs is 2. The quantitative estimate of drug-likeness (QED) is 0.568. The van der Waals surface area contributed by atoms with E-state index in [2.05, 4.69) is 16.0 Å². The van der Waals surface area contributed by atoms with E-state index in [-0.39, 0.29) is 29.4 Å². The molecule has 6 nitrogen and oxygen atoms in total. The van der Waals surface area contributed by atoms with Crippen molar-refractivity contribution in [3.63, 3.8) is 0 Å². The van der Waals surface area contributed by atoms with Crippen LogP contribution in [-0.4, -0.2) is 43.0 Å². The molecular weight excluding hydrogens is 366 g/mol. The second kappa shape index (κ2) is 7.80. The van der Waals surface area contributed by atoms with Gasteiger partial charge >= 0.3 is 0 Å². The Labute approximate surface area is 162 Å². The van der Waals surface area contributed by atoms with Crippen LogP contribution in [0.3, 0.4) is 0 Å². The minimum atomic E-state index is -0.265. The Morgan fingerprint density at radius 1 is 1.00 bits per heavy atom. The first-order chi connectivity index (χ1) is 13.0. The van der Waals surface area contributed by atoms with Crippen molar-refractivity contribution >= 4 is 40.4 Å². The van der Waals surface area contributed by atoms with Crippen LogP contribution in [0.1, 0.15) is 38.8 Å². The molecule has 3 N–H and O–H groups in total. The number of nitrogens with one attached hydrogen (secondary N) is 3. The van der Waals surface area contributed by atoms with Crippen LogP contribution in [0.15, 0.2) is 36.4 Å². The van der Waals surface area contributed by atoms with Gasteiger partial charge in [0.05, 0.1) is 11.1 Å². The van der Waals surface area contributed by atoms with Crippen LogP contribution in [0.5, 0.6) is 0 Å². The zero-order chi connectivity index (χ0) is 19.6. The summed E-state index contributed by atoms with van der Waals surface area (Å²) in [6, 6.07) is 10.2. The van der Waals surface area contributed by atoms with Crippen LogP contribution in [0, 0.1) is 0 Å². The number of hydrogen-bond acceptors (Lipinski definition) is 5. The third-order valence-electron chi connectivity index (χ3n) is 4.47. The lowest BCUT2D eigenvalue weighted by Gasteiger charge is -2.24. The molecule has 0 bridgehead atoms. The minimum Gasteiger partial charge on any atom is -0.388 e. The Kier molecular flexibility index (Phi) is 5.46. The van der Waals surface area contributed by atoms with Crippen molar-refractivity contribution in [2.75, 3.05) is 30.1 Å². The molecule has 1 aliphatic carbocycles. The molecule has 0 spiro atoms. The maximum atomic E-state index is 13.1. The maximum Gasteiger partial charge on any atom is 0.235 e. The molecule has 0 aromatic heterocycles. The lowest BCUT2D eigenvalue weighted by Crippen LogP contribution is -2.38. The molecule has 1 atom stereocenters. The molecule has 0 aliphatic heterocycles. The van der Waals surface area contributed by atoms with Gasteiger partial charge in [0.1, 0.15) is 5.88 Å². The zero-order valence-corrected chi connectivity index (χ0v) is 15.8. The number of halogens is 1.